The zero-order valence-corrected chi connectivity index (χ0v) is 39.9. The second kappa shape index (κ2) is 16.3. The van der Waals surface area contributed by atoms with Crippen molar-refractivity contribution < 1.29 is 17.6 Å². The van der Waals surface area contributed by atoms with Gasteiger partial charge in [0, 0.05) is 54.6 Å². The molecule has 15 rings (SSSR count). The molecule has 4 aromatic heterocycles. The van der Waals surface area contributed by atoms with Gasteiger partial charge < -0.3 is 18.0 Å². The summed E-state index contributed by atoms with van der Waals surface area (Å²) < 4.78 is 54.3. The molecule has 6 heteroatoms. The predicted molar refractivity (Wildman–Crippen MR) is 292 cm³/mol. The van der Waals surface area contributed by atoms with Gasteiger partial charge >= 0.3 is 0 Å². The molecule has 0 saturated heterocycles. The normalized spacial score (nSPS) is 15.2. The number of hydrogen-bond acceptors (Lipinski definition) is 2. The van der Waals surface area contributed by atoms with Crippen LogP contribution in [0.25, 0.3) is 121 Å². The molecule has 350 valence electrons. The lowest BCUT2D eigenvalue weighted by Crippen LogP contribution is -2.20. The third-order valence-electron chi connectivity index (χ3n) is 16.6. The molecule has 0 unspecified atom stereocenters. The number of fused-ring (bicyclic) bond motifs is 14. The number of para-hydroxylation sites is 4. The van der Waals surface area contributed by atoms with E-state index in [9.17, 15) is 0 Å². The maximum Gasteiger partial charge on any atom is 0.137 e. The zero-order chi connectivity index (χ0) is 47.6. The van der Waals surface area contributed by atoms with Crippen LogP contribution in [0.4, 0.5) is 8.78 Å². The number of nitrogens with zero attached hydrogens (tertiary/aromatic N) is 2. The summed E-state index contributed by atoms with van der Waals surface area (Å²) in [4.78, 5) is 0. The SMILES string of the molecule is Fc1ccccc1-c1c(C2CCCCC2)c(-n2c3ccccc3c3ccc4oc5ccccc5c4c32)c(C2CCCCC2)c(-c2ccccc2F)c1-n1c2ccccc2c2ccc3oc4ccccc4c3c21. The van der Waals surface area contributed by atoms with Crippen molar-refractivity contribution in [2.75, 3.05) is 0 Å². The molecule has 2 saturated carbocycles. The molecular formula is C66H50F2N2O2. The van der Waals surface area contributed by atoms with Crippen LogP contribution in [0.2, 0.25) is 0 Å². The lowest BCUT2D eigenvalue weighted by atomic mass is 9.72. The van der Waals surface area contributed by atoms with Crippen LogP contribution in [0.15, 0.2) is 179 Å². The van der Waals surface area contributed by atoms with Gasteiger partial charge in [-0.2, -0.15) is 0 Å². The van der Waals surface area contributed by atoms with Crippen molar-refractivity contribution in [1.29, 1.82) is 0 Å². The third kappa shape index (κ3) is 6.01. The fraction of sp³-hybridized carbons (Fsp3) is 0.182. The molecule has 72 heavy (non-hydrogen) atoms. The molecule has 13 aromatic rings. The number of aromatic nitrogens is 2. The Kier molecular flexibility index (Phi) is 9.46. The maximum absolute atomic E-state index is 18.0. The summed E-state index contributed by atoms with van der Waals surface area (Å²) in [5, 5.41) is 8.45. The second-order valence-corrected chi connectivity index (χ2v) is 20.5. The molecule has 2 aliphatic carbocycles. The van der Waals surface area contributed by atoms with Crippen LogP contribution in [-0.4, -0.2) is 9.13 Å². The van der Waals surface area contributed by atoms with Gasteiger partial charge in [-0.3, -0.25) is 0 Å². The summed E-state index contributed by atoms with van der Waals surface area (Å²) in [7, 11) is 0. The average molecular weight is 941 g/mol. The van der Waals surface area contributed by atoms with Crippen LogP contribution < -0.4 is 0 Å². The van der Waals surface area contributed by atoms with Gasteiger partial charge in [0.2, 0.25) is 0 Å². The molecule has 4 nitrogen and oxygen atoms in total. The Morgan fingerprint density at radius 1 is 0.347 bits per heavy atom. The van der Waals surface area contributed by atoms with Gasteiger partial charge in [0.05, 0.1) is 44.2 Å². The zero-order valence-electron chi connectivity index (χ0n) is 39.9. The monoisotopic (exact) mass is 940 g/mol. The summed E-state index contributed by atoms with van der Waals surface area (Å²) in [5.74, 6) is -0.509. The van der Waals surface area contributed by atoms with E-state index in [1.807, 2.05) is 42.5 Å². The molecule has 0 N–H and O–H groups in total. The maximum atomic E-state index is 18.0. The lowest BCUT2D eigenvalue weighted by molar-refractivity contribution is 0.435. The quantitative estimate of drug-likeness (QED) is 0.167. The molecule has 4 heterocycles. The van der Waals surface area contributed by atoms with Gasteiger partial charge in [0.15, 0.2) is 0 Å². The average Bonchev–Trinajstić information content (AvgIpc) is 4.19. The van der Waals surface area contributed by atoms with Gasteiger partial charge in [0.1, 0.15) is 34.0 Å². The van der Waals surface area contributed by atoms with Gasteiger partial charge in [-0.05, 0) is 109 Å². The molecule has 0 radical (unpaired) electrons. The number of furan rings is 2. The summed E-state index contributed by atoms with van der Waals surface area (Å²) in [6, 6.07) is 57.3. The summed E-state index contributed by atoms with van der Waals surface area (Å²) in [5.41, 5.74) is 14.1. The molecular weight excluding hydrogens is 891 g/mol. The molecule has 0 spiro atoms. The highest BCUT2D eigenvalue weighted by Crippen LogP contribution is 2.57. The van der Waals surface area contributed by atoms with Gasteiger partial charge in [-0.15, -0.1) is 0 Å². The highest BCUT2D eigenvalue weighted by atomic mass is 19.1. The molecule has 2 aliphatic rings. The van der Waals surface area contributed by atoms with Crippen LogP contribution in [0.3, 0.4) is 0 Å². The van der Waals surface area contributed by atoms with Crippen LogP contribution in [-0.2, 0) is 0 Å². The van der Waals surface area contributed by atoms with Crippen molar-refractivity contribution in [1.82, 2.24) is 9.13 Å². The highest BCUT2D eigenvalue weighted by molar-refractivity contribution is 6.27. The minimum atomic E-state index is -0.309. The molecule has 2 fully saturated rings. The van der Waals surface area contributed by atoms with Crippen molar-refractivity contribution in [2.24, 2.45) is 0 Å². The van der Waals surface area contributed by atoms with E-state index in [0.717, 1.165) is 185 Å². The highest BCUT2D eigenvalue weighted by Gasteiger charge is 2.39. The van der Waals surface area contributed by atoms with E-state index in [1.54, 1.807) is 24.3 Å². The largest absolute Gasteiger partial charge is 0.456 e. The minimum Gasteiger partial charge on any atom is -0.456 e. The van der Waals surface area contributed by atoms with Crippen LogP contribution in [0.1, 0.15) is 87.2 Å². The van der Waals surface area contributed by atoms with Crippen molar-refractivity contribution >= 4 is 87.5 Å². The van der Waals surface area contributed by atoms with E-state index < -0.39 is 0 Å². The molecule has 0 bridgehead atoms. The number of rotatable bonds is 6. The Bertz CT molecular complexity index is 4250. The second-order valence-electron chi connectivity index (χ2n) is 20.5. The first-order valence-electron chi connectivity index (χ1n) is 26.0. The standard InChI is InChI=1S/C66H50F2N2O2/c67-49-29-13-7-25-45(49)61-57(39-19-3-1-4-20-39)65(69-51-31-15-9-23-41(51)43-35-37-55-59(63(43)69)47-27-11-17-33-53(47)71-55)58(40-21-5-2-6-22-40)62(46-26-8-14-30-50(46)68)66(61)70-52-32-16-10-24-42(52)44-36-38-56-60(64(44)70)48-28-12-18-34-54(48)72-56/h7-18,23-40H,1-6,19-22H2. The van der Waals surface area contributed by atoms with Crippen molar-refractivity contribution in [3.8, 4) is 33.6 Å². The topological polar surface area (TPSA) is 36.1 Å². The Balaban J connectivity index is 1.28. The summed E-state index contributed by atoms with van der Waals surface area (Å²) in [6.45, 7) is 0. The van der Waals surface area contributed by atoms with E-state index in [1.165, 1.54) is 0 Å². The van der Waals surface area contributed by atoms with E-state index in [4.69, 9.17) is 8.83 Å². The van der Waals surface area contributed by atoms with Crippen LogP contribution in [0.5, 0.6) is 0 Å². The molecule has 0 atom stereocenters. The Morgan fingerprint density at radius 3 is 1.19 bits per heavy atom. The smallest absolute Gasteiger partial charge is 0.137 e. The first-order chi connectivity index (χ1) is 35.6. The Labute approximate surface area is 414 Å². The first-order valence-corrected chi connectivity index (χ1v) is 26.0. The fourth-order valence-electron chi connectivity index (χ4n) is 13.7. The summed E-state index contributed by atoms with van der Waals surface area (Å²) >= 11 is 0. The van der Waals surface area contributed by atoms with E-state index in [-0.39, 0.29) is 23.5 Å². The van der Waals surface area contributed by atoms with E-state index in [2.05, 4.69) is 112 Å². The fourth-order valence-corrected chi connectivity index (χ4v) is 13.7. The molecule has 0 aliphatic heterocycles. The Hall–Kier alpha value is -7.96. The number of benzene rings is 9. The van der Waals surface area contributed by atoms with E-state index >= 15 is 8.78 Å². The van der Waals surface area contributed by atoms with Crippen LogP contribution in [0, 0.1) is 11.6 Å². The first kappa shape index (κ1) is 41.8. The van der Waals surface area contributed by atoms with Crippen molar-refractivity contribution in [3.63, 3.8) is 0 Å². The Morgan fingerprint density at radius 2 is 0.736 bits per heavy atom. The molecule has 9 aromatic carbocycles. The summed E-state index contributed by atoms with van der Waals surface area (Å²) in [6.07, 6.45) is 10.3. The van der Waals surface area contributed by atoms with Gasteiger partial charge in [-0.25, -0.2) is 8.78 Å². The minimum absolute atomic E-state index is 0.0542. The number of halogens is 2. The lowest BCUT2D eigenvalue weighted by Gasteiger charge is -2.37. The van der Waals surface area contributed by atoms with Gasteiger partial charge in [-0.1, -0.05) is 148 Å². The van der Waals surface area contributed by atoms with Gasteiger partial charge in [0.25, 0.3) is 0 Å². The number of hydrogen-bond donors (Lipinski definition) is 0. The van der Waals surface area contributed by atoms with Crippen molar-refractivity contribution in [2.45, 2.75) is 76.0 Å². The third-order valence-corrected chi connectivity index (χ3v) is 16.6. The predicted octanol–water partition coefficient (Wildman–Crippen LogP) is 19.4. The van der Waals surface area contributed by atoms with Crippen molar-refractivity contribution in [3.05, 3.63) is 193 Å². The van der Waals surface area contributed by atoms with E-state index in [0.29, 0.717) is 11.1 Å². The molecule has 0 amide bonds. The van der Waals surface area contributed by atoms with Crippen LogP contribution >= 0.6 is 0 Å².